The van der Waals surface area contributed by atoms with Gasteiger partial charge in [0.1, 0.15) is 12.4 Å². The number of likely N-dealkylation sites (N-methyl/N-ethyl adjacent to an activating group) is 1. The summed E-state index contributed by atoms with van der Waals surface area (Å²) in [5.74, 6) is -0.628. The number of nitrogens with zero attached hydrogens (tertiary/aromatic N) is 4. The van der Waals surface area contributed by atoms with Gasteiger partial charge in [0.05, 0.1) is 17.2 Å². The summed E-state index contributed by atoms with van der Waals surface area (Å²) in [6.07, 6.45) is 2.65. The summed E-state index contributed by atoms with van der Waals surface area (Å²) >= 11 is 0. The number of para-hydroxylation sites is 2. The average molecular weight is 398 g/mol. The monoisotopic (exact) mass is 398 g/mol. The number of H-pyrrole nitrogens is 1. The number of hydrogen-bond acceptors (Lipinski definition) is 6. The van der Waals surface area contributed by atoms with Crippen LogP contribution in [0.3, 0.4) is 0 Å². The fourth-order valence-electron chi connectivity index (χ4n) is 3.08. The molecule has 0 bridgehead atoms. The highest BCUT2D eigenvalue weighted by Crippen LogP contribution is 2.16. The van der Waals surface area contributed by atoms with E-state index >= 15 is 0 Å². The Kier molecular flexibility index (Phi) is 5.62. The van der Waals surface area contributed by atoms with Crippen molar-refractivity contribution >= 4 is 28.4 Å². The van der Waals surface area contributed by atoms with Crippen LogP contribution in [-0.2, 0) is 17.9 Å². The van der Waals surface area contributed by atoms with Crippen LogP contribution >= 0.6 is 0 Å². The van der Waals surface area contributed by atoms with Crippen LogP contribution in [0.2, 0.25) is 0 Å². The molecule has 0 aliphatic heterocycles. The van der Waals surface area contributed by atoms with Crippen molar-refractivity contribution in [1.82, 2.24) is 19.1 Å². The van der Waals surface area contributed by atoms with Gasteiger partial charge in [0.25, 0.3) is 11.1 Å². The van der Waals surface area contributed by atoms with Gasteiger partial charge in [-0.15, -0.1) is 0 Å². The van der Waals surface area contributed by atoms with Crippen molar-refractivity contribution in [3.63, 3.8) is 0 Å². The summed E-state index contributed by atoms with van der Waals surface area (Å²) < 4.78 is 2.51. The van der Waals surface area contributed by atoms with Gasteiger partial charge in [-0.1, -0.05) is 25.5 Å². The van der Waals surface area contributed by atoms with Gasteiger partial charge in [-0.25, -0.2) is 9.78 Å². The summed E-state index contributed by atoms with van der Waals surface area (Å²) in [5.41, 5.74) is 5.15. The zero-order valence-corrected chi connectivity index (χ0v) is 16.2. The lowest BCUT2D eigenvalue weighted by atomic mass is 10.3. The predicted octanol–water partition coefficient (Wildman–Crippen LogP) is 0.292. The van der Waals surface area contributed by atoms with Gasteiger partial charge in [0, 0.05) is 13.6 Å². The minimum Gasteiger partial charge on any atom is -0.383 e. The second-order valence-electron chi connectivity index (χ2n) is 6.62. The van der Waals surface area contributed by atoms with E-state index in [9.17, 15) is 19.2 Å². The van der Waals surface area contributed by atoms with Crippen molar-refractivity contribution in [3.8, 4) is 0 Å². The highest BCUT2D eigenvalue weighted by molar-refractivity contribution is 5.95. The standard InChI is InChI=1S/C19H22N6O4/c1-3-4-9-24-17(20)16(18(28)22-19(24)29)23(2)15(27)11-25-13-8-6-5-7-12(13)21-10-14(25)26/h5-8,10H,3-4,9,11,20H2,1-2H3,(H,22,28,29). The third-order valence-corrected chi connectivity index (χ3v) is 4.70. The van der Waals surface area contributed by atoms with Crippen LogP contribution in [-0.4, -0.2) is 32.1 Å². The van der Waals surface area contributed by atoms with Gasteiger partial charge < -0.3 is 10.6 Å². The molecule has 3 N–H and O–H groups in total. The van der Waals surface area contributed by atoms with Gasteiger partial charge in [0.2, 0.25) is 5.91 Å². The first-order valence-corrected chi connectivity index (χ1v) is 9.18. The molecule has 152 valence electrons. The molecule has 0 saturated heterocycles. The molecule has 0 atom stereocenters. The number of amides is 1. The van der Waals surface area contributed by atoms with Crippen molar-refractivity contribution in [2.75, 3.05) is 17.7 Å². The Hall–Kier alpha value is -3.69. The Bertz CT molecular complexity index is 1240. The molecule has 10 nitrogen and oxygen atoms in total. The molecule has 0 spiro atoms. The van der Waals surface area contributed by atoms with Crippen LogP contribution in [0.5, 0.6) is 0 Å². The molecular formula is C19H22N6O4. The van der Waals surface area contributed by atoms with E-state index in [-0.39, 0.29) is 18.1 Å². The number of nitrogens with one attached hydrogen (secondary N) is 1. The third-order valence-electron chi connectivity index (χ3n) is 4.70. The van der Waals surface area contributed by atoms with E-state index in [1.807, 2.05) is 6.92 Å². The summed E-state index contributed by atoms with van der Waals surface area (Å²) in [6, 6.07) is 6.92. The average Bonchev–Trinajstić information content (AvgIpc) is 2.69. The van der Waals surface area contributed by atoms with Crippen molar-refractivity contribution in [3.05, 3.63) is 61.7 Å². The SMILES string of the molecule is CCCCn1c(N)c(N(C)C(=O)Cn2c(=O)cnc3ccccc32)c(=O)[nH]c1=O. The minimum absolute atomic E-state index is 0.0880. The summed E-state index contributed by atoms with van der Waals surface area (Å²) in [6.45, 7) is 1.97. The maximum atomic E-state index is 12.9. The molecule has 29 heavy (non-hydrogen) atoms. The number of nitrogens with two attached hydrogens (primary N) is 1. The number of hydrogen-bond donors (Lipinski definition) is 2. The summed E-state index contributed by atoms with van der Waals surface area (Å²) in [5, 5.41) is 0. The maximum absolute atomic E-state index is 12.9. The lowest BCUT2D eigenvalue weighted by Crippen LogP contribution is -2.41. The van der Waals surface area contributed by atoms with Crippen molar-refractivity contribution in [1.29, 1.82) is 0 Å². The molecule has 0 radical (unpaired) electrons. The molecular weight excluding hydrogens is 376 g/mol. The topological polar surface area (TPSA) is 136 Å². The lowest BCUT2D eigenvalue weighted by Gasteiger charge is -2.21. The van der Waals surface area contributed by atoms with Crippen molar-refractivity contribution < 1.29 is 4.79 Å². The largest absolute Gasteiger partial charge is 0.383 e. The van der Waals surface area contributed by atoms with Crippen LogP contribution in [0.15, 0.2) is 44.8 Å². The Morgan fingerprint density at radius 2 is 1.93 bits per heavy atom. The highest BCUT2D eigenvalue weighted by atomic mass is 16.2. The molecule has 1 amide bonds. The normalized spacial score (nSPS) is 11.0. The molecule has 0 saturated carbocycles. The first kappa shape index (κ1) is 20.1. The van der Waals surface area contributed by atoms with E-state index in [4.69, 9.17) is 5.73 Å². The van der Waals surface area contributed by atoms with Crippen LogP contribution in [0, 0.1) is 0 Å². The molecule has 2 aromatic heterocycles. The van der Waals surface area contributed by atoms with Gasteiger partial charge in [-0.3, -0.25) is 28.5 Å². The molecule has 2 heterocycles. The van der Waals surface area contributed by atoms with Crippen LogP contribution in [0.25, 0.3) is 11.0 Å². The van der Waals surface area contributed by atoms with Gasteiger partial charge in [-0.2, -0.15) is 0 Å². The second kappa shape index (κ2) is 8.13. The minimum atomic E-state index is -0.761. The van der Waals surface area contributed by atoms with Crippen molar-refractivity contribution in [2.45, 2.75) is 32.9 Å². The molecule has 3 aromatic rings. The summed E-state index contributed by atoms with van der Waals surface area (Å²) in [4.78, 5) is 56.9. The number of carbonyl (C=O) groups is 1. The second-order valence-corrected chi connectivity index (χ2v) is 6.62. The zero-order chi connectivity index (χ0) is 21.1. The number of fused-ring (bicyclic) bond motifs is 1. The van der Waals surface area contributed by atoms with E-state index in [1.54, 1.807) is 24.3 Å². The number of carbonyl (C=O) groups excluding carboxylic acids is 1. The number of aromatic nitrogens is 4. The number of benzene rings is 1. The Morgan fingerprint density at radius 3 is 2.66 bits per heavy atom. The molecule has 10 heteroatoms. The van der Waals surface area contributed by atoms with Crippen LogP contribution in [0.1, 0.15) is 19.8 Å². The fraction of sp³-hybridized carbons (Fsp3) is 0.316. The molecule has 3 rings (SSSR count). The lowest BCUT2D eigenvalue weighted by molar-refractivity contribution is -0.118. The molecule has 0 aliphatic carbocycles. The van der Waals surface area contributed by atoms with E-state index in [0.29, 0.717) is 24.0 Å². The third kappa shape index (κ3) is 3.82. The number of nitrogen functional groups attached to an aromatic ring is 1. The van der Waals surface area contributed by atoms with E-state index in [0.717, 1.165) is 17.5 Å². The molecule has 0 fully saturated rings. The van der Waals surface area contributed by atoms with Crippen molar-refractivity contribution in [2.24, 2.45) is 0 Å². The first-order chi connectivity index (χ1) is 13.8. The van der Waals surface area contributed by atoms with Gasteiger partial charge in [0.15, 0.2) is 5.69 Å². The first-order valence-electron chi connectivity index (χ1n) is 9.18. The van der Waals surface area contributed by atoms with Crippen LogP contribution < -0.4 is 27.4 Å². The Morgan fingerprint density at radius 1 is 1.21 bits per heavy atom. The number of anilines is 2. The Labute approximate surface area is 165 Å². The maximum Gasteiger partial charge on any atom is 0.330 e. The zero-order valence-electron chi connectivity index (χ0n) is 16.2. The number of aromatic amines is 1. The summed E-state index contributed by atoms with van der Waals surface area (Å²) in [7, 11) is 1.38. The van der Waals surface area contributed by atoms with Crippen LogP contribution in [0.4, 0.5) is 11.5 Å². The number of unbranched alkanes of at least 4 members (excludes halogenated alkanes) is 1. The molecule has 0 aliphatic rings. The highest BCUT2D eigenvalue weighted by Gasteiger charge is 2.22. The Balaban J connectivity index is 2.00. The van der Waals surface area contributed by atoms with E-state index in [1.165, 1.54) is 16.2 Å². The van der Waals surface area contributed by atoms with E-state index in [2.05, 4.69) is 9.97 Å². The number of rotatable bonds is 6. The fourth-order valence-corrected chi connectivity index (χ4v) is 3.08. The predicted molar refractivity (Wildman–Crippen MR) is 110 cm³/mol. The van der Waals surface area contributed by atoms with E-state index < -0.39 is 22.7 Å². The molecule has 0 unspecified atom stereocenters. The molecule has 1 aromatic carbocycles. The van der Waals surface area contributed by atoms with Gasteiger partial charge >= 0.3 is 5.69 Å². The van der Waals surface area contributed by atoms with Gasteiger partial charge in [-0.05, 0) is 18.6 Å². The smallest absolute Gasteiger partial charge is 0.330 e. The quantitative estimate of drug-likeness (QED) is 0.613.